The highest BCUT2D eigenvalue weighted by Crippen LogP contribution is 2.32. The highest BCUT2D eigenvalue weighted by Gasteiger charge is 2.24. The quantitative estimate of drug-likeness (QED) is 0.479. The third-order valence-electron chi connectivity index (χ3n) is 4.18. The summed E-state index contributed by atoms with van der Waals surface area (Å²) < 4.78 is 3.83. The minimum absolute atomic E-state index is 0. The molecule has 0 aliphatic heterocycles. The lowest BCUT2D eigenvalue weighted by molar-refractivity contribution is 0.0974. The average Bonchev–Trinajstić information content (AvgIpc) is 3.24. The fourth-order valence-electron chi connectivity index (χ4n) is 2.86. The monoisotopic (exact) mass is 485 g/mol. The standard InChI is InChI=1S/C19H24BrN5OS.ClH/c1-13(2)25-16(8-9-21-25)18(26)24(11-5-10-23(3)4)19-22-15-7-6-14(20)12-17(15)27-19;/h6-9,12-13H,5,10-11H2,1-4H3;1H. The van der Waals surface area contributed by atoms with Gasteiger partial charge in [-0.25, -0.2) is 4.98 Å². The van der Waals surface area contributed by atoms with Crippen molar-refractivity contribution >= 4 is 60.9 Å². The van der Waals surface area contributed by atoms with Crippen LogP contribution in [0.1, 0.15) is 36.8 Å². The molecule has 0 bridgehead atoms. The topological polar surface area (TPSA) is 54.3 Å². The number of benzene rings is 1. The van der Waals surface area contributed by atoms with Crippen LogP contribution in [0.4, 0.5) is 5.13 Å². The Bertz CT molecular complexity index is 939. The van der Waals surface area contributed by atoms with Crippen LogP contribution in [0.3, 0.4) is 0 Å². The maximum absolute atomic E-state index is 13.4. The van der Waals surface area contributed by atoms with Crippen molar-refractivity contribution in [2.24, 2.45) is 0 Å². The third-order valence-corrected chi connectivity index (χ3v) is 5.72. The molecule has 28 heavy (non-hydrogen) atoms. The van der Waals surface area contributed by atoms with E-state index >= 15 is 0 Å². The van der Waals surface area contributed by atoms with Crippen LogP contribution in [-0.4, -0.2) is 52.8 Å². The predicted molar refractivity (Wildman–Crippen MR) is 122 cm³/mol. The predicted octanol–water partition coefficient (Wildman–Crippen LogP) is 4.86. The number of hydrogen-bond acceptors (Lipinski definition) is 5. The molecule has 0 radical (unpaired) electrons. The summed E-state index contributed by atoms with van der Waals surface area (Å²) in [5, 5.41) is 5.04. The molecule has 2 heterocycles. The Labute approximate surface area is 184 Å². The number of hydrogen-bond donors (Lipinski definition) is 0. The number of fused-ring (bicyclic) bond motifs is 1. The summed E-state index contributed by atoms with van der Waals surface area (Å²) in [6.45, 7) is 5.57. The lowest BCUT2D eigenvalue weighted by Crippen LogP contribution is -2.35. The van der Waals surface area contributed by atoms with Crippen LogP contribution in [0.5, 0.6) is 0 Å². The van der Waals surface area contributed by atoms with Gasteiger partial charge < -0.3 is 4.90 Å². The number of halogens is 2. The lowest BCUT2D eigenvalue weighted by Gasteiger charge is -2.22. The fraction of sp³-hybridized carbons (Fsp3) is 0.421. The van der Waals surface area contributed by atoms with Gasteiger partial charge in [0.1, 0.15) is 5.69 Å². The first-order valence-corrected chi connectivity index (χ1v) is 10.5. The smallest absolute Gasteiger partial charge is 0.278 e. The number of carbonyl (C=O) groups is 1. The molecule has 0 atom stereocenters. The second kappa shape index (κ2) is 9.82. The Kier molecular flexibility index (Phi) is 8.00. The Morgan fingerprint density at radius 2 is 2.00 bits per heavy atom. The molecule has 0 N–H and O–H groups in total. The zero-order valence-electron chi connectivity index (χ0n) is 16.4. The third kappa shape index (κ3) is 5.11. The van der Waals surface area contributed by atoms with Gasteiger partial charge in [0.05, 0.1) is 10.2 Å². The lowest BCUT2D eigenvalue weighted by atomic mass is 10.3. The second-order valence-electron chi connectivity index (χ2n) is 6.98. The van der Waals surface area contributed by atoms with E-state index in [-0.39, 0.29) is 24.4 Å². The molecule has 6 nitrogen and oxygen atoms in total. The molecule has 9 heteroatoms. The van der Waals surface area contributed by atoms with E-state index in [1.807, 2.05) is 46.1 Å². The van der Waals surface area contributed by atoms with Gasteiger partial charge in [-0.2, -0.15) is 5.10 Å². The van der Waals surface area contributed by atoms with Crippen LogP contribution in [0, 0.1) is 0 Å². The van der Waals surface area contributed by atoms with E-state index < -0.39 is 0 Å². The first kappa shape index (κ1) is 22.8. The van der Waals surface area contributed by atoms with Crippen LogP contribution in [0.25, 0.3) is 10.2 Å². The molecule has 3 rings (SSSR count). The second-order valence-corrected chi connectivity index (χ2v) is 8.90. The van der Waals surface area contributed by atoms with Gasteiger partial charge in [-0.1, -0.05) is 27.3 Å². The number of rotatable bonds is 7. The van der Waals surface area contributed by atoms with Crippen molar-refractivity contribution in [1.82, 2.24) is 19.7 Å². The fourth-order valence-corrected chi connectivity index (χ4v) is 4.41. The van der Waals surface area contributed by atoms with E-state index in [1.54, 1.807) is 21.8 Å². The van der Waals surface area contributed by atoms with Crippen LogP contribution >= 0.6 is 39.7 Å². The molecule has 0 fully saturated rings. The van der Waals surface area contributed by atoms with E-state index in [4.69, 9.17) is 4.98 Å². The molecule has 152 valence electrons. The summed E-state index contributed by atoms with van der Waals surface area (Å²) in [4.78, 5) is 22.0. The molecule has 0 aliphatic rings. The number of aromatic nitrogens is 3. The minimum Gasteiger partial charge on any atom is -0.309 e. The normalized spacial score (nSPS) is 11.2. The van der Waals surface area contributed by atoms with Gasteiger partial charge in [0.25, 0.3) is 5.91 Å². The number of amides is 1. The Hall–Kier alpha value is -1.48. The van der Waals surface area contributed by atoms with Crippen LogP contribution in [-0.2, 0) is 0 Å². The molecule has 3 aromatic rings. The highest BCUT2D eigenvalue weighted by molar-refractivity contribution is 9.10. The molecule has 1 aromatic carbocycles. The van der Waals surface area contributed by atoms with Crippen molar-refractivity contribution in [2.45, 2.75) is 26.3 Å². The van der Waals surface area contributed by atoms with Crippen molar-refractivity contribution in [3.63, 3.8) is 0 Å². The van der Waals surface area contributed by atoms with E-state index in [2.05, 4.69) is 25.9 Å². The zero-order valence-corrected chi connectivity index (χ0v) is 19.6. The molecule has 2 aromatic heterocycles. The number of anilines is 1. The van der Waals surface area contributed by atoms with Crippen molar-refractivity contribution in [1.29, 1.82) is 0 Å². The van der Waals surface area contributed by atoms with Gasteiger partial charge in [-0.3, -0.25) is 14.4 Å². The van der Waals surface area contributed by atoms with Gasteiger partial charge in [0.2, 0.25) is 0 Å². The summed E-state index contributed by atoms with van der Waals surface area (Å²) in [7, 11) is 4.07. The minimum atomic E-state index is -0.0573. The van der Waals surface area contributed by atoms with Crippen LogP contribution in [0.15, 0.2) is 34.9 Å². The van der Waals surface area contributed by atoms with Crippen molar-refractivity contribution in [3.05, 3.63) is 40.6 Å². The first-order chi connectivity index (χ1) is 12.9. The Morgan fingerprint density at radius 1 is 1.25 bits per heavy atom. The Morgan fingerprint density at radius 3 is 2.68 bits per heavy atom. The zero-order chi connectivity index (χ0) is 19.6. The van der Waals surface area contributed by atoms with Gasteiger partial charge in [-0.15, -0.1) is 12.4 Å². The molecular weight excluding hydrogens is 462 g/mol. The summed E-state index contributed by atoms with van der Waals surface area (Å²) in [6.07, 6.45) is 2.55. The largest absolute Gasteiger partial charge is 0.309 e. The SMILES string of the molecule is CC(C)n1nccc1C(=O)N(CCCN(C)C)c1nc2ccc(Br)cc2s1.Cl. The average molecular weight is 487 g/mol. The summed E-state index contributed by atoms with van der Waals surface area (Å²) >= 11 is 5.04. The molecule has 0 unspecified atom stereocenters. The van der Waals surface area contributed by atoms with Crippen LogP contribution < -0.4 is 4.90 Å². The van der Waals surface area contributed by atoms with E-state index in [0.29, 0.717) is 12.2 Å². The van der Waals surface area contributed by atoms with Gasteiger partial charge >= 0.3 is 0 Å². The van der Waals surface area contributed by atoms with Gasteiger partial charge in [0, 0.05) is 23.3 Å². The summed E-state index contributed by atoms with van der Waals surface area (Å²) in [6, 6.07) is 7.88. The van der Waals surface area contributed by atoms with Gasteiger partial charge in [-0.05, 0) is 65.2 Å². The molecule has 1 amide bonds. The number of thiazole rings is 1. The van der Waals surface area contributed by atoms with Gasteiger partial charge in [0.15, 0.2) is 5.13 Å². The van der Waals surface area contributed by atoms with Crippen molar-refractivity contribution < 1.29 is 4.79 Å². The van der Waals surface area contributed by atoms with E-state index in [1.165, 1.54) is 11.3 Å². The molecule has 0 saturated heterocycles. The maximum atomic E-state index is 13.4. The molecule has 0 saturated carbocycles. The molecule has 0 spiro atoms. The summed E-state index contributed by atoms with van der Waals surface area (Å²) in [5.41, 5.74) is 1.50. The van der Waals surface area contributed by atoms with Crippen LogP contribution in [0.2, 0.25) is 0 Å². The summed E-state index contributed by atoms with van der Waals surface area (Å²) in [5.74, 6) is -0.0573. The van der Waals surface area contributed by atoms with Crippen molar-refractivity contribution in [3.8, 4) is 0 Å². The number of carbonyl (C=O) groups excluding carboxylic acids is 1. The van der Waals surface area contributed by atoms with E-state index in [9.17, 15) is 4.79 Å². The van der Waals surface area contributed by atoms with E-state index in [0.717, 1.165) is 32.8 Å². The first-order valence-electron chi connectivity index (χ1n) is 8.93. The Balaban J connectivity index is 0.00000280. The molecular formula is C19H25BrClN5OS. The maximum Gasteiger partial charge on any atom is 0.278 e. The number of nitrogens with zero attached hydrogens (tertiary/aromatic N) is 5. The van der Waals surface area contributed by atoms with Crippen molar-refractivity contribution in [2.75, 3.05) is 32.1 Å². The molecule has 0 aliphatic carbocycles. The highest BCUT2D eigenvalue weighted by atomic mass is 79.9.